The standard InChI is InChI=1S/C31H41N3O8S/c1-31(2,15-7-16-32)21-34(43(37,38)24-12-10-23(39-3)11-13-24)19-27(35)26(18-22-8-5-4-6-9-22)33-30(36)42-28-20-41-29-25(28)14-17-40-29/h4-6,8-13,25-29,35H,7,14-15,17-21H2,1-3H3,(H,33,36)/t25?,26-,27?,28?,29?/m0/s1. The Bertz CT molecular complexity index is 1350. The number of fused-ring (bicyclic) bond motifs is 1. The molecule has 2 aliphatic heterocycles. The molecule has 2 aromatic carbocycles. The molecule has 0 spiro atoms. The molecule has 0 aromatic heterocycles. The molecule has 5 atom stereocenters. The first-order chi connectivity index (χ1) is 20.5. The maximum atomic E-state index is 13.9. The number of nitrogens with one attached hydrogen (secondary N) is 1. The molecular formula is C31H41N3O8S. The third-order valence-electron chi connectivity index (χ3n) is 7.92. The Morgan fingerprint density at radius 2 is 1.91 bits per heavy atom. The van der Waals surface area contributed by atoms with Crippen molar-refractivity contribution in [3.63, 3.8) is 0 Å². The number of hydrogen-bond acceptors (Lipinski definition) is 9. The third-order valence-corrected chi connectivity index (χ3v) is 9.74. The minimum atomic E-state index is -4.08. The van der Waals surface area contributed by atoms with Gasteiger partial charge in [-0.1, -0.05) is 44.2 Å². The second-order valence-corrected chi connectivity index (χ2v) is 13.7. The highest BCUT2D eigenvalue weighted by Gasteiger charge is 2.44. The summed E-state index contributed by atoms with van der Waals surface area (Å²) in [6, 6.07) is 16.6. The molecular weight excluding hydrogens is 574 g/mol. The van der Waals surface area contributed by atoms with E-state index in [-0.39, 0.29) is 49.6 Å². The average molecular weight is 616 g/mol. The number of alkyl carbamates (subject to hydrolysis) is 1. The Hall–Kier alpha value is -3.21. The molecule has 0 bridgehead atoms. The Balaban J connectivity index is 1.56. The quantitative estimate of drug-likeness (QED) is 0.326. The maximum Gasteiger partial charge on any atom is 0.407 e. The van der Waals surface area contributed by atoms with Gasteiger partial charge in [0.15, 0.2) is 6.29 Å². The van der Waals surface area contributed by atoms with E-state index in [1.807, 2.05) is 44.2 Å². The lowest BCUT2D eigenvalue weighted by atomic mass is 9.88. The van der Waals surface area contributed by atoms with Crippen LogP contribution in [0.3, 0.4) is 0 Å². The van der Waals surface area contributed by atoms with Crippen molar-refractivity contribution < 1.29 is 37.3 Å². The summed E-state index contributed by atoms with van der Waals surface area (Å²) in [4.78, 5) is 13.1. The number of sulfonamides is 1. The van der Waals surface area contributed by atoms with Crippen LogP contribution in [0.2, 0.25) is 0 Å². The first-order valence-corrected chi connectivity index (χ1v) is 15.9. The minimum absolute atomic E-state index is 0.0399. The van der Waals surface area contributed by atoms with E-state index in [1.165, 1.54) is 23.5 Å². The van der Waals surface area contributed by atoms with E-state index >= 15 is 0 Å². The summed E-state index contributed by atoms with van der Waals surface area (Å²) in [5, 5.41) is 23.5. The number of nitriles is 1. The molecule has 0 radical (unpaired) electrons. The summed E-state index contributed by atoms with van der Waals surface area (Å²) in [6.45, 7) is 4.27. The molecule has 11 nitrogen and oxygen atoms in total. The van der Waals surface area contributed by atoms with Crippen LogP contribution in [0, 0.1) is 22.7 Å². The number of rotatable bonds is 14. The van der Waals surface area contributed by atoms with Crippen LogP contribution in [0.4, 0.5) is 4.79 Å². The largest absolute Gasteiger partial charge is 0.497 e. The Kier molecular flexibility index (Phi) is 11.0. The van der Waals surface area contributed by atoms with Crippen molar-refractivity contribution >= 4 is 16.1 Å². The van der Waals surface area contributed by atoms with E-state index in [4.69, 9.17) is 24.2 Å². The van der Waals surface area contributed by atoms with Gasteiger partial charge in [0.05, 0.1) is 49.4 Å². The van der Waals surface area contributed by atoms with Gasteiger partial charge in [0.1, 0.15) is 11.9 Å². The number of methoxy groups -OCH3 is 1. The summed E-state index contributed by atoms with van der Waals surface area (Å²) in [6.07, 6.45) is -1.20. The van der Waals surface area contributed by atoms with Crippen molar-refractivity contribution in [1.82, 2.24) is 9.62 Å². The molecule has 43 heavy (non-hydrogen) atoms. The Morgan fingerprint density at radius 3 is 2.58 bits per heavy atom. The van der Waals surface area contributed by atoms with Gasteiger partial charge in [0.25, 0.3) is 0 Å². The number of carbonyl (C=O) groups excluding carboxylic acids is 1. The van der Waals surface area contributed by atoms with Gasteiger partial charge in [-0.25, -0.2) is 13.2 Å². The van der Waals surface area contributed by atoms with E-state index in [2.05, 4.69) is 11.4 Å². The van der Waals surface area contributed by atoms with Crippen LogP contribution in [-0.4, -0.2) is 81.9 Å². The number of benzene rings is 2. The number of aliphatic hydroxyl groups is 1. The van der Waals surface area contributed by atoms with Crippen molar-refractivity contribution in [2.45, 2.75) is 69.0 Å². The molecule has 2 N–H and O–H groups in total. The fourth-order valence-electron chi connectivity index (χ4n) is 5.45. The minimum Gasteiger partial charge on any atom is -0.497 e. The lowest BCUT2D eigenvalue weighted by Crippen LogP contribution is -2.52. The summed E-state index contributed by atoms with van der Waals surface area (Å²) < 4.78 is 51.1. The summed E-state index contributed by atoms with van der Waals surface area (Å²) in [5.41, 5.74) is 0.276. The summed E-state index contributed by atoms with van der Waals surface area (Å²) >= 11 is 0. The van der Waals surface area contributed by atoms with Crippen LogP contribution in [0.25, 0.3) is 0 Å². The zero-order chi connectivity index (χ0) is 31.0. The van der Waals surface area contributed by atoms with Gasteiger partial charge in [-0.05, 0) is 54.5 Å². The molecule has 2 saturated heterocycles. The van der Waals surface area contributed by atoms with E-state index in [0.717, 1.165) is 12.0 Å². The fourth-order valence-corrected chi connectivity index (χ4v) is 7.10. The van der Waals surface area contributed by atoms with Crippen LogP contribution in [0.1, 0.15) is 38.7 Å². The smallest absolute Gasteiger partial charge is 0.407 e. The van der Waals surface area contributed by atoms with Crippen LogP contribution in [0.5, 0.6) is 5.75 Å². The molecule has 0 aliphatic carbocycles. The molecule has 0 saturated carbocycles. The number of aliphatic hydroxyl groups excluding tert-OH is 1. The van der Waals surface area contributed by atoms with Gasteiger partial charge in [0.2, 0.25) is 10.0 Å². The van der Waals surface area contributed by atoms with Crippen molar-refractivity contribution in [3.05, 3.63) is 60.2 Å². The topological polar surface area (TPSA) is 147 Å². The third kappa shape index (κ3) is 8.68. The second kappa shape index (κ2) is 14.5. The SMILES string of the molecule is COc1ccc(S(=O)(=O)N(CC(O)[C@H](Cc2ccccc2)NC(=O)OC2COC3OCCC23)CC(C)(C)CCC#N)cc1. The highest BCUT2D eigenvalue weighted by molar-refractivity contribution is 7.89. The molecule has 2 aliphatic rings. The van der Waals surface area contributed by atoms with E-state index in [0.29, 0.717) is 18.8 Å². The molecule has 4 unspecified atom stereocenters. The normalized spacial score (nSPS) is 21.5. The van der Waals surface area contributed by atoms with Gasteiger partial charge >= 0.3 is 6.09 Å². The zero-order valence-corrected chi connectivity index (χ0v) is 25.7. The molecule has 234 valence electrons. The number of hydrogen-bond donors (Lipinski definition) is 2. The molecule has 2 aromatic rings. The van der Waals surface area contributed by atoms with Crippen LogP contribution >= 0.6 is 0 Å². The van der Waals surface area contributed by atoms with E-state index in [9.17, 15) is 18.3 Å². The van der Waals surface area contributed by atoms with Gasteiger partial charge < -0.3 is 29.4 Å². The number of nitrogens with zero attached hydrogens (tertiary/aromatic N) is 2. The second-order valence-electron chi connectivity index (χ2n) is 11.8. The lowest BCUT2D eigenvalue weighted by Gasteiger charge is -2.35. The lowest BCUT2D eigenvalue weighted by molar-refractivity contribution is -0.0907. The summed E-state index contributed by atoms with van der Waals surface area (Å²) in [7, 11) is -2.59. The van der Waals surface area contributed by atoms with Gasteiger partial charge in [0, 0.05) is 19.5 Å². The van der Waals surface area contributed by atoms with E-state index in [1.54, 1.807) is 12.1 Å². The average Bonchev–Trinajstić information content (AvgIpc) is 3.61. The predicted octanol–water partition coefficient (Wildman–Crippen LogP) is 3.48. The first kappa shape index (κ1) is 32.7. The molecule has 2 fully saturated rings. The van der Waals surface area contributed by atoms with Gasteiger partial charge in [-0.2, -0.15) is 9.57 Å². The zero-order valence-electron chi connectivity index (χ0n) is 24.8. The van der Waals surface area contributed by atoms with Crippen molar-refractivity contribution in [2.75, 3.05) is 33.4 Å². The highest BCUT2D eigenvalue weighted by atomic mass is 32.2. The number of carbonyl (C=O) groups is 1. The first-order valence-electron chi connectivity index (χ1n) is 14.5. The molecule has 12 heteroatoms. The van der Waals surface area contributed by atoms with Crippen LogP contribution in [-0.2, 0) is 30.7 Å². The molecule has 4 rings (SSSR count). The number of ether oxygens (including phenoxy) is 4. The van der Waals surface area contributed by atoms with Crippen molar-refractivity contribution in [1.29, 1.82) is 5.26 Å². The predicted molar refractivity (Wildman–Crippen MR) is 158 cm³/mol. The number of amides is 1. The van der Waals surface area contributed by atoms with Crippen molar-refractivity contribution in [2.24, 2.45) is 11.3 Å². The Labute approximate surface area is 253 Å². The highest BCUT2D eigenvalue weighted by Crippen LogP contribution is 2.33. The van der Waals surface area contributed by atoms with Crippen LogP contribution < -0.4 is 10.1 Å². The monoisotopic (exact) mass is 615 g/mol. The van der Waals surface area contributed by atoms with Crippen LogP contribution in [0.15, 0.2) is 59.5 Å². The van der Waals surface area contributed by atoms with Gasteiger partial charge in [-0.15, -0.1) is 0 Å². The van der Waals surface area contributed by atoms with E-state index < -0.39 is 39.8 Å². The summed E-state index contributed by atoms with van der Waals surface area (Å²) in [5.74, 6) is 0.456. The molecule has 2 heterocycles. The maximum absolute atomic E-state index is 13.9. The van der Waals surface area contributed by atoms with Crippen molar-refractivity contribution in [3.8, 4) is 11.8 Å². The fraction of sp³-hybridized carbons (Fsp3) is 0.548. The molecule has 1 amide bonds. The Morgan fingerprint density at radius 1 is 1.19 bits per heavy atom. The van der Waals surface area contributed by atoms with Gasteiger partial charge in [-0.3, -0.25) is 0 Å².